The Kier molecular flexibility index (Phi) is 5.76. The number of aryl methyl sites for hydroxylation is 1. The van der Waals surface area contributed by atoms with Crippen molar-refractivity contribution in [2.45, 2.75) is 77.4 Å². The van der Waals surface area contributed by atoms with Gasteiger partial charge >= 0.3 is 0 Å². The summed E-state index contributed by atoms with van der Waals surface area (Å²) >= 11 is 0. The summed E-state index contributed by atoms with van der Waals surface area (Å²) in [5, 5.41) is 4.38. The number of hydrogen-bond donors (Lipinski definition) is 0. The van der Waals surface area contributed by atoms with Gasteiger partial charge in [-0.1, -0.05) is 0 Å². The van der Waals surface area contributed by atoms with Crippen molar-refractivity contribution in [3.05, 3.63) is 18.0 Å². The normalized spacial score (nSPS) is 24.4. The van der Waals surface area contributed by atoms with Crippen molar-refractivity contribution in [3.8, 4) is 0 Å². The number of likely N-dealkylation sites (tertiary alicyclic amines) is 2. The van der Waals surface area contributed by atoms with Crippen LogP contribution in [-0.2, 0) is 16.1 Å². The summed E-state index contributed by atoms with van der Waals surface area (Å²) in [6, 6.07) is 0.295. The van der Waals surface area contributed by atoms with Crippen molar-refractivity contribution < 1.29 is 9.59 Å². The standard InChI is InChI=1S/C19H30N4O2/c1-15-12-20-21(13-15)14-18-8-4-6-10-23(18)19(25)11-17-7-3-5-9-22(17)16(2)24/h12-13,17-18H,3-11,14H2,1-2H3/t17-,18-/m1/s1. The first kappa shape index (κ1) is 18.0. The first-order valence-corrected chi connectivity index (χ1v) is 9.60. The summed E-state index contributed by atoms with van der Waals surface area (Å²) in [6.45, 7) is 6.04. The van der Waals surface area contributed by atoms with Crippen LogP contribution in [0.2, 0.25) is 0 Å². The molecule has 0 aromatic carbocycles. The molecule has 25 heavy (non-hydrogen) atoms. The Morgan fingerprint density at radius 2 is 1.76 bits per heavy atom. The van der Waals surface area contributed by atoms with E-state index in [-0.39, 0.29) is 23.9 Å². The summed E-state index contributed by atoms with van der Waals surface area (Å²) in [4.78, 5) is 28.8. The highest BCUT2D eigenvalue weighted by Gasteiger charge is 2.32. The van der Waals surface area contributed by atoms with E-state index >= 15 is 0 Å². The maximum Gasteiger partial charge on any atom is 0.224 e. The molecule has 6 heteroatoms. The van der Waals surface area contributed by atoms with Gasteiger partial charge in [0.15, 0.2) is 0 Å². The number of hydrogen-bond acceptors (Lipinski definition) is 3. The zero-order valence-corrected chi connectivity index (χ0v) is 15.5. The average Bonchev–Trinajstić information content (AvgIpc) is 3.00. The van der Waals surface area contributed by atoms with Crippen molar-refractivity contribution in [2.24, 2.45) is 0 Å². The molecule has 2 fully saturated rings. The lowest BCUT2D eigenvalue weighted by Gasteiger charge is -2.39. The lowest BCUT2D eigenvalue weighted by molar-refractivity contribution is -0.139. The zero-order chi connectivity index (χ0) is 17.8. The Bertz CT molecular complexity index is 612. The number of aromatic nitrogens is 2. The molecule has 2 aliphatic rings. The molecule has 0 N–H and O–H groups in total. The van der Waals surface area contributed by atoms with E-state index in [0.29, 0.717) is 6.42 Å². The van der Waals surface area contributed by atoms with Gasteiger partial charge in [0.1, 0.15) is 0 Å². The molecule has 0 radical (unpaired) electrons. The smallest absolute Gasteiger partial charge is 0.224 e. The minimum atomic E-state index is 0.0771. The van der Waals surface area contributed by atoms with Crippen LogP contribution >= 0.6 is 0 Å². The molecule has 3 rings (SSSR count). The largest absolute Gasteiger partial charge is 0.339 e. The van der Waals surface area contributed by atoms with E-state index < -0.39 is 0 Å². The maximum absolute atomic E-state index is 13.0. The molecular formula is C19H30N4O2. The van der Waals surface area contributed by atoms with Gasteiger partial charge < -0.3 is 9.80 Å². The second kappa shape index (κ2) is 8.02. The van der Waals surface area contributed by atoms with Crippen LogP contribution in [0.1, 0.15) is 57.4 Å². The van der Waals surface area contributed by atoms with Gasteiger partial charge in [-0.25, -0.2) is 0 Å². The molecular weight excluding hydrogens is 316 g/mol. The molecule has 1 aromatic heterocycles. The Labute approximate surface area is 150 Å². The molecule has 0 aliphatic carbocycles. The minimum absolute atomic E-state index is 0.0771. The van der Waals surface area contributed by atoms with Crippen molar-refractivity contribution in [1.82, 2.24) is 19.6 Å². The topological polar surface area (TPSA) is 58.4 Å². The number of carbonyl (C=O) groups excluding carboxylic acids is 2. The monoisotopic (exact) mass is 346 g/mol. The van der Waals surface area contributed by atoms with Gasteiger partial charge in [0.2, 0.25) is 11.8 Å². The van der Waals surface area contributed by atoms with Gasteiger partial charge in [0.05, 0.1) is 18.8 Å². The van der Waals surface area contributed by atoms with Crippen molar-refractivity contribution in [1.29, 1.82) is 0 Å². The lowest BCUT2D eigenvalue weighted by Crippen LogP contribution is -2.50. The predicted octanol–water partition coefficient (Wildman–Crippen LogP) is 2.36. The van der Waals surface area contributed by atoms with Crippen LogP contribution in [0.25, 0.3) is 0 Å². The van der Waals surface area contributed by atoms with E-state index in [1.807, 2.05) is 33.8 Å². The van der Waals surface area contributed by atoms with Crippen LogP contribution in [0.4, 0.5) is 0 Å². The van der Waals surface area contributed by atoms with E-state index in [1.54, 1.807) is 6.92 Å². The molecule has 2 amide bonds. The highest BCUT2D eigenvalue weighted by Crippen LogP contribution is 2.24. The molecule has 2 aliphatic heterocycles. The predicted molar refractivity (Wildman–Crippen MR) is 96.0 cm³/mol. The summed E-state index contributed by atoms with van der Waals surface area (Å²) in [7, 11) is 0. The van der Waals surface area contributed by atoms with Crippen LogP contribution in [0, 0.1) is 6.92 Å². The molecule has 3 heterocycles. The van der Waals surface area contributed by atoms with Crippen LogP contribution in [0.15, 0.2) is 12.4 Å². The van der Waals surface area contributed by atoms with Crippen molar-refractivity contribution >= 4 is 11.8 Å². The molecule has 6 nitrogen and oxygen atoms in total. The first-order valence-electron chi connectivity index (χ1n) is 9.60. The Morgan fingerprint density at radius 1 is 1.08 bits per heavy atom. The SMILES string of the molecule is CC(=O)N1CCCC[C@@H]1CC(=O)N1CCCC[C@@H]1Cn1cc(C)cn1. The summed E-state index contributed by atoms with van der Waals surface area (Å²) in [5.74, 6) is 0.298. The van der Waals surface area contributed by atoms with Gasteiger partial charge in [0.25, 0.3) is 0 Å². The van der Waals surface area contributed by atoms with Crippen LogP contribution in [0.3, 0.4) is 0 Å². The summed E-state index contributed by atoms with van der Waals surface area (Å²) < 4.78 is 1.95. The number of nitrogens with zero attached hydrogens (tertiary/aromatic N) is 4. The Balaban J connectivity index is 1.64. The molecule has 2 atom stereocenters. The van der Waals surface area contributed by atoms with Gasteiger partial charge in [-0.15, -0.1) is 0 Å². The van der Waals surface area contributed by atoms with E-state index in [1.165, 1.54) is 0 Å². The second-order valence-electron chi connectivity index (χ2n) is 7.54. The van der Waals surface area contributed by atoms with Gasteiger partial charge in [-0.3, -0.25) is 14.3 Å². The third-order valence-electron chi connectivity index (χ3n) is 5.55. The molecule has 0 saturated carbocycles. The number of piperidine rings is 2. The fraction of sp³-hybridized carbons (Fsp3) is 0.737. The highest BCUT2D eigenvalue weighted by molar-refractivity contribution is 5.79. The molecule has 0 unspecified atom stereocenters. The number of amides is 2. The third kappa shape index (κ3) is 4.41. The fourth-order valence-electron chi connectivity index (χ4n) is 4.25. The fourth-order valence-corrected chi connectivity index (χ4v) is 4.25. The molecule has 1 aromatic rings. The van der Waals surface area contributed by atoms with Gasteiger partial charge in [-0.2, -0.15) is 5.10 Å². The lowest BCUT2D eigenvalue weighted by atomic mass is 9.96. The quantitative estimate of drug-likeness (QED) is 0.841. The van der Waals surface area contributed by atoms with E-state index in [2.05, 4.69) is 5.10 Å². The molecule has 0 spiro atoms. The van der Waals surface area contributed by atoms with Crippen LogP contribution in [0.5, 0.6) is 0 Å². The second-order valence-corrected chi connectivity index (χ2v) is 7.54. The van der Waals surface area contributed by atoms with E-state index in [4.69, 9.17) is 0 Å². The zero-order valence-electron chi connectivity index (χ0n) is 15.5. The van der Waals surface area contributed by atoms with Crippen LogP contribution in [-0.4, -0.2) is 56.6 Å². The highest BCUT2D eigenvalue weighted by atomic mass is 16.2. The summed E-state index contributed by atoms with van der Waals surface area (Å²) in [5.41, 5.74) is 1.15. The summed E-state index contributed by atoms with van der Waals surface area (Å²) in [6.07, 6.45) is 10.7. The number of rotatable bonds is 4. The maximum atomic E-state index is 13.0. The van der Waals surface area contributed by atoms with Gasteiger partial charge in [-0.05, 0) is 51.0 Å². The molecule has 2 saturated heterocycles. The van der Waals surface area contributed by atoms with E-state index in [0.717, 1.165) is 63.7 Å². The van der Waals surface area contributed by atoms with Crippen molar-refractivity contribution in [3.63, 3.8) is 0 Å². The Hall–Kier alpha value is -1.85. The van der Waals surface area contributed by atoms with Gasteiger partial charge in [0, 0.05) is 38.7 Å². The molecule has 0 bridgehead atoms. The first-order chi connectivity index (χ1) is 12.0. The van der Waals surface area contributed by atoms with E-state index in [9.17, 15) is 9.59 Å². The van der Waals surface area contributed by atoms with Crippen molar-refractivity contribution in [2.75, 3.05) is 13.1 Å². The number of carbonyl (C=O) groups is 2. The average molecular weight is 346 g/mol. The minimum Gasteiger partial charge on any atom is -0.339 e. The van der Waals surface area contributed by atoms with Crippen LogP contribution < -0.4 is 0 Å². The Morgan fingerprint density at radius 3 is 2.40 bits per heavy atom. The molecule has 138 valence electrons. The third-order valence-corrected chi connectivity index (χ3v) is 5.55.